The fourth-order valence-corrected chi connectivity index (χ4v) is 3.53. The summed E-state index contributed by atoms with van der Waals surface area (Å²) in [7, 11) is 0. The first-order chi connectivity index (χ1) is 14.3. The van der Waals surface area contributed by atoms with Gasteiger partial charge in [-0.1, -0.05) is 66.7 Å². The number of allylic oxidation sites excluding steroid dienone is 1. The fourth-order valence-electron chi connectivity index (χ4n) is 3.53. The highest BCUT2D eigenvalue weighted by Crippen LogP contribution is 2.36. The monoisotopic (exact) mass is 379 g/mol. The van der Waals surface area contributed by atoms with Crippen LogP contribution in [-0.2, 0) is 6.54 Å². The van der Waals surface area contributed by atoms with E-state index in [0.717, 1.165) is 27.8 Å². The molecule has 0 amide bonds. The van der Waals surface area contributed by atoms with Crippen molar-refractivity contribution in [2.45, 2.75) is 6.54 Å². The van der Waals surface area contributed by atoms with Crippen molar-refractivity contribution in [3.8, 4) is 22.4 Å². The zero-order valence-corrected chi connectivity index (χ0v) is 15.6. The van der Waals surface area contributed by atoms with E-state index in [9.17, 15) is 4.79 Å². The molecule has 0 aliphatic rings. The molecule has 0 spiro atoms. The van der Waals surface area contributed by atoms with Gasteiger partial charge in [0.15, 0.2) is 0 Å². The van der Waals surface area contributed by atoms with E-state index in [4.69, 9.17) is 9.40 Å². The van der Waals surface area contributed by atoms with Crippen molar-refractivity contribution in [1.29, 1.82) is 0 Å². The number of aromatic nitrogens is 3. The molecule has 0 saturated heterocycles. The highest BCUT2D eigenvalue weighted by Gasteiger charge is 2.20. The summed E-state index contributed by atoms with van der Waals surface area (Å²) in [6.45, 7) is 4.06. The second kappa shape index (κ2) is 6.87. The normalized spacial score (nSPS) is 11.2. The Balaban J connectivity index is 1.89. The van der Waals surface area contributed by atoms with Crippen LogP contribution in [0.5, 0.6) is 0 Å². The molecule has 5 heteroatoms. The predicted octanol–water partition coefficient (Wildman–Crippen LogP) is 5.06. The second-order valence-electron chi connectivity index (χ2n) is 6.74. The van der Waals surface area contributed by atoms with Crippen LogP contribution in [0.1, 0.15) is 0 Å². The first-order valence-corrected chi connectivity index (χ1v) is 9.30. The van der Waals surface area contributed by atoms with Crippen LogP contribution in [0.3, 0.4) is 0 Å². The van der Waals surface area contributed by atoms with Crippen LogP contribution in [0.2, 0.25) is 0 Å². The molecule has 0 N–H and O–H groups in total. The van der Waals surface area contributed by atoms with Crippen molar-refractivity contribution in [1.82, 2.24) is 14.5 Å². The number of furan rings is 1. The molecule has 0 unspecified atom stereocenters. The van der Waals surface area contributed by atoms with E-state index in [0.29, 0.717) is 17.8 Å². The lowest BCUT2D eigenvalue weighted by Crippen LogP contribution is -2.19. The number of fused-ring (bicyclic) bond motifs is 3. The summed E-state index contributed by atoms with van der Waals surface area (Å²) in [6.07, 6.45) is 3.18. The van der Waals surface area contributed by atoms with Gasteiger partial charge in [0.1, 0.15) is 5.52 Å². The van der Waals surface area contributed by atoms with Gasteiger partial charge in [-0.05, 0) is 17.2 Å². The summed E-state index contributed by atoms with van der Waals surface area (Å²) < 4.78 is 7.42. The molecular formula is C24H17N3O2. The van der Waals surface area contributed by atoms with Gasteiger partial charge in [0.05, 0.1) is 17.4 Å². The van der Waals surface area contributed by atoms with E-state index in [1.54, 1.807) is 6.08 Å². The maximum absolute atomic E-state index is 12.8. The molecule has 140 valence electrons. The molecule has 0 saturated carbocycles. The van der Waals surface area contributed by atoms with Crippen LogP contribution in [-0.4, -0.2) is 14.5 Å². The van der Waals surface area contributed by atoms with Crippen molar-refractivity contribution in [3.05, 3.63) is 96.1 Å². The maximum atomic E-state index is 12.8. The minimum absolute atomic E-state index is 0.208. The van der Waals surface area contributed by atoms with E-state index in [2.05, 4.69) is 11.6 Å². The van der Waals surface area contributed by atoms with E-state index in [-0.39, 0.29) is 11.1 Å². The third-order valence-electron chi connectivity index (χ3n) is 4.90. The lowest BCUT2D eigenvalue weighted by Gasteiger charge is -2.07. The van der Waals surface area contributed by atoms with E-state index in [1.807, 2.05) is 66.7 Å². The third-order valence-corrected chi connectivity index (χ3v) is 4.90. The summed E-state index contributed by atoms with van der Waals surface area (Å²) in [5.41, 5.74) is 4.59. The molecular weight excluding hydrogens is 362 g/mol. The first-order valence-electron chi connectivity index (χ1n) is 9.30. The van der Waals surface area contributed by atoms with Gasteiger partial charge in [-0.15, -0.1) is 6.58 Å². The molecule has 0 aliphatic heterocycles. The lowest BCUT2D eigenvalue weighted by atomic mass is 10.00. The van der Waals surface area contributed by atoms with Gasteiger partial charge in [-0.2, -0.15) is 0 Å². The third kappa shape index (κ3) is 2.84. The number of nitrogens with zero attached hydrogens (tertiary/aromatic N) is 3. The van der Waals surface area contributed by atoms with Crippen molar-refractivity contribution < 1.29 is 4.42 Å². The van der Waals surface area contributed by atoms with Gasteiger partial charge in [0.2, 0.25) is 11.3 Å². The molecule has 0 atom stereocenters. The smallest absolute Gasteiger partial charge is 0.297 e. The summed E-state index contributed by atoms with van der Waals surface area (Å²) >= 11 is 0. The summed E-state index contributed by atoms with van der Waals surface area (Å²) in [4.78, 5) is 22.1. The van der Waals surface area contributed by atoms with Gasteiger partial charge in [-0.3, -0.25) is 9.36 Å². The van der Waals surface area contributed by atoms with Crippen LogP contribution in [0.15, 0.2) is 94.9 Å². The molecule has 0 aliphatic carbocycles. The molecule has 5 rings (SSSR count). The molecule has 29 heavy (non-hydrogen) atoms. The van der Waals surface area contributed by atoms with Gasteiger partial charge in [-0.25, -0.2) is 9.97 Å². The van der Waals surface area contributed by atoms with Crippen molar-refractivity contribution in [2.75, 3.05) is 0 Å². The van der Waals surface area contributed by atoms with Gasteiger partial charge < -0.3 is 4.42 Å². The number of benzene rings is 2. The maximum Gasteiger partial charge on any atom is 0.297 e. The van der Waals surface area contributed by atoms with Crippen LogP contribution in [0.25, 0.3) is 44.6 Å². The van der Waals surface area contributed by atoms with E-state index < -0.39 is 0 Å². The number of hydrogen-bond donors (Lipinski definition) is 0. The molecule has 5 nitrogen and oxygen atoms in total. The summed E-state index contributed by atoms with van der Waals surface area (Å²) in [5.74, 6) is 0. The highest BCUT2D eigenvalue weighted by atomic mass is 16.3. The molecule has 0 fully saturated rings. The topological polar surface area (TPSA) is 60.9 Å². The van der Waals surface area contributed by atoms with Gasteiger partial charge >= 0.3 is 0 Å². The summed E-state index contributed by atoms with van der Waals surface area (Å²) in [6, 6.07) is 21.9. The highest BCUT2D eigenvalue weighted by molar-refractivity contribution is 6.09. The Morgan fingerprint density at radius 1 is 1.00 bits per heavy atom. The van der Waals surface area contributed by atoms with Crippen LogP contribution < -0.4 is 5.56 Å². The van der Waals surface area contributed by atoms with Crippen molar-refractivity contribution in [3.63, 3.8) is 0 Å². The standard InChI is InChI=1S/C24H17N3O2/c1-2-13-27-15-25-21-20-18(16-9-5-3-6-10-16)14-19(17-11-7-4-8-12-17)26-23(20)29-22(21)24(27)28/h2-12,14-15H,1,13H2. The Morgan fingerprint density at radius 2 is 1.69 bits per heavy atom. The second-order valence-corrected chi connectivity index (χ2v) is 6.74. The van der Waals surface area contributed by atoms with Crippen LogP contribution in [0.4, 0.5) is 0 Å². The quantitative estimate of drug-likeness (QED) is 0.410. The number of hydrogen-bond acceptors (Lipinski definition) is 4. The lowest BCUT2D eigenvalue weighted by molar-refractivity contribution is 0.634. The van der Waals surface area contributed by atoms with Gasteiger partial charge in [0, 0.05) is 12.1 Å². The minimum atomic E-state index is -0.242. The fraction of sp³-hybridized carbons (Fsp3) is 0.0417. The Kier molecular flexibility index (Phi) is 4.06. The molecule has 0 bridgehead atoms. The summed E-state index contributed by atoms with van der Waals surface area (Å²) in [5, 5.41) is 0.744. The average molecular weight is 379 g/mol. The zero-order chi connectivity index (χ0) is 19.8. The van der Waals surface area contributed by atoms with Crippen LogP contribution in [0, 0.1) is 0 Å². The molecule has 3 heterocycles. The minimum Gasteiger partial charge on any atom is -0.430 e. The zero-order valence-electron chi connectivity index (χ0n) is 15.6. The molecule has 5 aromatic rings. The van der Waals surface area contributed by atoms with Gasteiger partial charge in [0.25, 0.3) is 5.56 Å². The Hall–Kier alpha value is -3.99. The predicted molar refractivity (Wildman–Crippen MR) is 115 cm³/mol. The Labute approximate surface area is 166 Å². The molecule has 0 radical (unpaired) electrons. The van der Waals surface area contributed by atoms with Crippen LogP contribution >= 0.6 is 0 Å². The first kappa shape index (κ1) is 17.1. The van der Waals surface area contributed by atoms with Crippen molar-refractivity contribution >= 4 is 22.2 Å². The number of pyridine rings is 1. The van der Waals surface area contributed by atoms with E-state index >= 15 is 0 Å². The molecule has 2 aromatic carbocycles. The van der Waals surface area contributed by atoms with E-state index in [1.165, 1.54) is 10.9 Å². The number of rotatable bonds is 4. The Bertz CT molecular complexity index is 1400. The Morgan fingerprint density at radius 3 is 2.38 bits per heavy atom. The SMILES string of the molecule is C=CCn1cnc2c(oc3nc(-c4ccccc4)cc(-c4ccccc4)c32)c1=O. The largest absolute Gasteiger partial charge is 0.430 e. The molecule has 3 aromatic heterocycles. The van der Waals surface area contributed by atoms with Crippen molar-refractivity contribution in [2.24, 2.45) is 0 Å². The average Bonchev–Trinajstić information content (AvgIpc) is 3.16.